The van der Waals surface area contributed by atoms with Gasteiger partial charge in [0.05, 0.1) is 38.6 Å². The minimum Gasteiger partial charge on any atom is -0.476 e. The number of hydrogen-bond acceptors (Lipinski definition) is 13. The summed E-state index contributed by atoms with van der Waals surface area (Å²) in [6.07, 6.45) is 1.36. The number of amides is 1. The maximum atomic E-state index is 17.6. The Morgan fingerprint density at radius 3 is 2.63 bits per heavy atom. The summed E-state index contributed by atoms with van der Waals surface area (Å²) in [6.45, 7) is 9.19. The lowest BCUT2D eigenvalue weighted by molar-refractivity contribution is -0.141. The highest BCUT2D eigenvalue weighted by Crippen LogP contribution is 2.47. The molecule has 2 aromatic carbocycles. The number of carbonyl (C=O) groups is 1. The maximum Gasteiger partial charge on any atom is 0.433 e. The number of aryl methyl sites for hydroxylation is 2. The summed E-state index contributed by atoms with van der Waals surface area (Å²) in [5, 5.41) is 10.5. The zero-order valence-corrected chi connectivity index (χ0v) is 37.3. The van der Waals surface area contributed by atoms with Gasteiger partial charge in [0.2, 0.25) is 5.88 Å². The van der Waals surface area contributed by atoms with Crippen molar-refractivity contribution in [3.63, 3.8) is 0 Å². The third kappa shape index (κ3) is 7.70. The van der Waals surface area contributed by atoms with Crippen molar-refractivity contribution in [2.75, 3.05) is 43.5 Å². The fourth-order valence-electron chi connectivity index (χ4n) is 10.0. The average molecular weight is 936 g/mol. The number of aromatic nitrogens is 6. The number of carbonyl (C=O) groups excluding carboxylic acids is 1. The number of anilines is 2. The zero-order valence-electron chi connectivity index (χ0n) is 35.7. The summed E-state index contributed by atoms with van der Waals surface area (Å²) in [4.78, 5) is 41.1. The topological polar surface area (TPSA) is 164 Å². The summed E-state index contributed by atoms with van der Waals surface area (Å²) < 4.78 is 86.7. The number of nitrogens with two attached hydrogens (primary N) is 1. The quantitative estimate of drug-likeness (QED) is 0.130. The van der Waals surface area contributed by atoms with Crippen LogP contribution in [0.1, 0.15) is 68.7 Å². The highest BCUT2D eigenvalue weighted by atomic mass is 35.5. The van der Waals surface area contributed by atoms with Gasteiger partial charge in [0.15, 0.2) is 11.5 Å². The number of benzene rings is 2. The molecule has 14 nitrogen and oxygen atoms in total. The Morgan fingerprint density at radius 2 is 1.91 bits per heavy atom. The number of thiophene rings is 1. The largest absolute Gasteiger partial charge is 0.476 e. The van der Waals surface area contributed by atoms with Crippen molar-refractivity contribution >= 4 is 60.8 Å². The second-order valence-electron chi connectivity index (χ2n) is 16.7. The van der Waals surface area contributed by atoms with Gasteiger partial charge in [0.1, 0.15) is 53.6 Å². The molecule has 2 N–H and O–H groups in total. The summed E-state index contributed by atoms with van der Waals surface area (Å²) in [5.41, 5.74) is 5.18. The van der Waals surface area contributed by atoms with Crippen molar-refractivity contribution in [3.05, 3.63) is 76.2 Å². The van der Waals surface area contributed by atoms with Crippen LogP contribution in [0.4, 0.5) is 37.6 Å². The predicted octanol–water partition coefficient (Wildman–Crippen LogP) is 8.93. The van der Waals surface area contributed by atoms with Gasteiger partial charge >= 0.3 is 18.2 Å². The Bertz CT molecular complexity index is 2910. The minimum atomic E-state index is -4.65. The van der Waals surface area contributed by atoms with E-state index >= 15 is 8.78 Å². The van der Waals surface area contributed by atoms with E-state index in [2.05, 4.69) is 24.8 Å². The van der Waals surface area contributed by atoms with Gasteiger partial charge in [0, 0.05) is 47.7 Å². The Morgan fingerprint density at radius 1 is 1.11 bits per heavy atom. The predicted molar refractivity (Wildman–Crippen MR) is 234 cm³/mol. The molecule has 4 aromatic heterocycles. The van der Waals surface area contributed by atoms with Gasteiger partial charge in [-0.1, -0.05) is 17.7 Å². The molecule has 340 valence electrons. The number of hydrogen-bond donors (Lipinski definition) is 1. The zero-order chi connectivity index (χ0) is 46.1. The van der Waals surface area contributed by atoms with Crippen LogP contribution in [0.25, 0.3) is 32.1 Å². The number of alkyl halides is 3. The molecule has 65 heavy (non-hydrogen) atoms. The summed E-state index contributed by atoms with van der Waals surface area (Å²) in [5.74, 6) is -0.762. The highest BCUT2D eigenvalue weighted by molar-refractivity contribution is 7.23. The van der Waals surface area contributed by atoms with Crippen LogP contribution in [0.15, 0.2) is 36.8 Å². The molecule has 3 fully saturated rings. The number of likely N-dealkylation sites (tertiary alicyclic amines) is 1. The Kier molecular flexibility index (Phi) is 11.5. The molecular formula is C44H43ClF5N11O3S. The van der Waals surface area contributed by atoms with E-state index in [0.29, 0.717) is 56.2 Å². The van der Waals surface area contributed by atoms with Crippen LogP contribution in [-0.4, -0.2) is 102 Å². The van der Waals surface area contributed by atoms with Crippen molar-refractivity contribution in [3.8, 4) is 29.1 Å². The summed E-state index contributed by atoms with van der Waals surface area (Å²) in [7, 11) is 0. The number of nitrogens with zero attached hydrogens (tertiary/aromatic N) is 10. The van der Waals surface area contributed by atoms with E-state index in [1.165, 1.54) is 16.7 Å². The minimum absolute atomic E-state index is 0.00118. The van der Waals surface area contributed by atoms with Gasteiger partial charge in [-0.15, -0.1) is 11.3 Å². The molecular weight excluding hydrogens is 893 g/mol. The standard InChI is InChI=1S/C44H43ClF5N11O3S/c1-5-58(31-10-14-59(23(31)3)42(62)60-18-22(2)55-24(60)4)40-27-15-29(45)35(26-7-8-30(46)38-34(26)28(17-51)39(52)65-38)36(47)37(27)56-41(57-40)64-20-43-11-6-13-61(43)25(9-12-43)19-63-33-16-32(44(48,49)50)53-21-54-33/h7-8,15-16,18,21,23,25,31H,5-6,9-14,19-20,52H2,1-4H3/t23-,25?,31?,43?/m1/s1. The van der Waals surface area contributed by atoms with Crippen LogP contribution in [0, 0.1) is 36.8 Å². The molecule has 0 spiro atoms. The van der Waals surface area contributed by atoms with Gasteiger partial charge in [-0.25, -0.2) is 28.5 Å². The number of halogens is 6. The first-order valence-corrected chi connectivity index (χ1v) is 22.4. The van der Waals surface area contributed by atoms with E-state index in [0.717, 1.165) is 36.6 Å². The second kappa shape index (κ2) is 16.8. The van der Waals surface area contributed by atoms with Crippen LogP contribution in [-0.2, 0) is 6.18 Å². The smallest absolute Gasteiger partial charge is 0.433 e. The van der Waals surface area contributed by atoms with Gasteiger partial charge in [0.25, 0.3) is 0 Å². The number of imidazole rings is 1. The molecule has 3 aliphatic heterocycles. The molecule has 21 heteroatoms. The lowest BCUT2D eigenvalue weighted by Crippen LogP contribution is -2.48. The molecule has 3 saturated heterocycles. The number of fused-ring (bicyclic) bond motifs is 3. The van der Waals surface area contributed by atoms with Gasteiger partial charge in [-0.05, 0) is 84.0 Å². The Balaban J connectivity index is 1.08. The van der Waals surface area contributed by atoms with E-state index in [1.54, 1.807) is 24.1 Å². The number of likely N-dealkylation sites (N-methyl/N-ethyl adjacent to an activating group) is 1. The van der Waals surface area contributed by atoms with Gasteiger partial charge in [-0.2, -0.15) is 28.4 Å². The molecule has 6 aromatic rings. The second-order valence-corrected chi connectivity index (χ2v) is 18.2. The Hall–Kier alpha value is -5.91. The van der Waals surface area contributed by atoms with Crippen LogP contribution in [0.3, 0.4) is 0 Å². The molecule has 3 unspecified atom stereocenters. The Labute approximate surface area is 378 Å². The van der Waals surface area contributed by atoms with E-state index in [-0.39, 0.29) is 97.0 Å². The number of rotatable bonds is 10. The normalized spacial score (nSPS) is 21.1. The van der Waals surface area contributed by atoms with E-state index in [1.807, 2.05) is 31.7 Å². The molecule has 0 radical (unpaired) electrons. The molecule has 4 atom stereocenters. The first kappa shape index (κ1) is 44.3. The van der Waals surface area contributed by atoms with Crippen LogP contribution >= 0.6 is 22.9 Å². The van der Waals surface area contributed by atoms with Crippen LogP contribution in [0.5, 0.6) is 11.9 Å². The first-order chi connectivity index (χ1) is 31.0. The van der Waals surface area contributed by atoms with E-state index in [4.69, 9.17) is 31.8 Å². The van der Waals surface area contributed by atoms with Crippen molar-refractivity contribution in [2.24, 2.45) is 0 Å². The molecule has 1 amide bonds. The average Bonchev–Trinajstić information content (AvgIpc) is 4.09. The van der Waals surface area contributed by atoms with Crippen molar-refractivity contribution in [1.29, 1.82) is 5.26 Å². The van der Waals surface area contributed by atoms with Crippen molar-refractivity contribution < 1.29 is 36.2 Å². The van der Waals surface area contributed by atoms with Crippen LogP contribution in [0.2, 0.25) is 5.02 Å². The van der Waals surface area contributed by atoms with Crippen molar-refractivity contribution in [2.45, 2.75) is 89.6 Å². The molecule has 9 rings (SSSR count). The number of ether oxygens (including phenoxy) is 2. The lowest BCUT2D eigenvalue weighted by Gasteiger charge is -2.35. The number of nitrogen functional groups attached to an aromatic ring is 1. The molecule has 0 aliphatic carbocycles. The fraction of sp³-hybridized carbons (Fsp3) is 0.432. The monoisotopic (exact) mass is 935 g/mol. The summed E-state index contributed by atoms with van der Waals surface area (Å²) in [6, 6.07) is 5.80. The maximum absolute atomic E-state index is 17.6. The number of nitriles is 1. The first-order valence-electron chi connectivity index (χ1n) is 21.2. The SMILES string of the molecule is CCN(c1nc(OCC23CCCN2C(COc2cc(C(F)(F)F)ncn2)CC3)nc2c(F)c(-c3ccc(F)c4sc(N)c(C#N)c34)c(Cl)cc12)C1CCN(C(=O)n2cc(C)nc2C)[C@@H]1C. The van der Waals surface area contributed by atoms with Gasteiger partial charge in [-0.3, -0.25) is 9.47 Å². The van der Waals surface area contributed by atoms with E-state index in [9.17, 15) is 23.2 Å². The molecule has 0 bridgehead atoms. The molecule has 7 heterocycles. The highest BCUT2D eigenvalue weighted by Gasteiger charge is 2.50. The van der Waals surface area contributed by atoms with Gasteiger partial charge < -0.3 is 25.0 Å². The third-order valence-corrected chi connectivity index (χ3v) is 14.4. The fourth-order valence-corrected chi connectivity index (χ4v) is 11.3. The van der Waals surface area contributed by atoms with Crippen LogP contribution < -0.4 is 20.1 Å². The third-order valence-electron chi connectivity index (χ3n) is 13.1. The van der Waals surface area contributed by atoms with E-state index < -0.39 is 29.0 Å². The van der Waals surface area contributed by atoms with Crippen molar-refractivity contribution in [1.82, 2.24) is 39.3 Å². The molecule has 3 aliphatic rings. The lowest BCUT2D eigenvalue weighted by atomic mass is 9.95. The summed E-state index contributed by atoms with van der Waals surface area (Å²) >= 11 is 7.89. The molecule has 0 saturated carbocycles.